The van der Waals surface area contributed by atoms with Gasteiger partial charge in [0.1, 0.15) is 12.4 Å². The summed E-state index contributed by atoms with van der Waals surface area (Å²) < 4.78 is 14.3. The van der Waals surface area contributed by atoms with E-state index in [1.807, 2.05) is 6.92 Å². The number of nitrogens with zero attached hydrogens (tertiary/aromatic N) is 1. The number of carbonyl (C=O) groups excluding carboxylic acids is 2. The van der Waals surface area contributed by atoms with E-state index in [-0.39, 0.29) is 34.7 Å². The van der Waals surface area contributed by atoms with Crippen molar-refractivity contribution in [3.63, 3.8) is 0 Å². The number of hydrogen-bond acceptors (Lipinski definition) is 5. The first kappa shape index (κ1) is 19.0. The molecule has 0 aromatic rings. The molecule has 5 nitrogen and oxygen atoms in total. The van der Waals surface area contributed by atoms with Crippen molar-refractivity contribution in [1.29, 1.82) is 0 Å². The molecule has 0 aromatic carbocycles. The Labute approximate surface area is 160 Å². The monoisotopic (exact) mass is 378 g/mol. The number of rotatable bonds is 3. The zero-order valence-electron chi connectivity index (χ0n) is 16.4. The third-order valence-corrected chi connectivity index (χ3v) is 8.40. The zero-order valence-corrected chi connectivity index (χ0v) is 16.4. The van der Waals surface area contributed by atoms with Gasteiger partial charge in [0.25, 0.3) is 0 Å². The molecule has 0 saturated heterocycles. The molecule has 4 fully saturated rings. The Kier molecular flexibility index (Phi) is 4.68. The molecule has 150 valence electrons. The molecule has 7 atom stereocenters. The first-order chi connectivity index (χ1) is 12.8. The van der Waals surface area contributed by atoms with Crippen LogP contribution in [0.1, 0.15) is 58.8 Å². The third-order valence-electron chi connectivity index (χ3n) is 8.40. The summed E-state index contributed by atoms with van der Waals surface area (Å²) >= 11 is 0. The lowest BCUT2D eigenvalue weighted by Gasteiger charge is -2.58. The largest absolute Gasteiger partial charge is 0.395 e. The molecule has 0 radical (unpaired) electrons. The van der Waals surface area contributed by atoms with Gasteiger partial charge in [0, 0.05) is 24.3 Å². The number of halogens is 1. The van der Waals surface area contributed by atoms with Crippen molar-refractivity contribution in [3.05, 3.63) is 0 Å². The number of oxime groups is 1. The first-order valence-electron chi connectivity index (χ1n) is 10.4. The van der Waals surface area contributed by atoms with Gasteiger partial charge in [-0.05, 0) is 61.7 Å². The van der Waals surface area contributed by atoms with Crippen LogP contribution in [0.5, 0.6) is 0 Å². The average Bonchev–Trinajstić information content (AvgIpc) is 2.87. The first-order valence-corrected chi connectivity index (χ1v) is 10.4. The van der Waals surface area contributed by atoms with Crippen LogP contribution < -0.4 is 5.73 Å². The van der Waals surface area contributed by atoms with Crippen molar-refractivity contribution in [2.24, 2.45) is 45.4 Å². The highest BCUT2D eigenvalue weighted by Gasteiger charge is 2.64. The number of fused-ring (bicyclic) bond motifs is 5. The minimum Gasteiger partial charge on any atom is -0.395 e. The highest BCUT2D eigenvalue weighted by molar-refractivity contribution is 5.94. The van der Waals surface area contributed by atoms with Crippen molar-refractivity contribution in [2.45, 2.75) is 65.0 Å². The normalized spacial score (nSPS) is 48.1. The predicted octanol–water partition coefficient (Wildman–Crippen LogP) is 3.06. The SMILES string of the molecule is C[C@]12CCC(=NOCCN)CC1C(=O)CC1C2CC[C@]2(C)C(=O)C(F)CC12. The average molecular weight is 378 g/mol. The van der Waals surface area contributed by atoms with Crippen LogP contribution in [0.2, 0.25) is 0 Å². The van der Waals surface area contributed by atoms with Gasteiger partial charge in [-0.1, -0.05) is 19.0 Å². The molecule has 0 spiro atoms. The van der Waals surface area contributed by atoms with E-state index in [2.05, 4.69) is 12.1 Å². The molecule has 27 heavy (non-hydrogen) atoms. The van der Waals surface area contributed by atoms with E-state index in [0.717, 1.165) is 31.4 Å². The maximum atomic E-state index is 14.3. The van der Waals surface area contributed by atoms with Gasteiger partial charge < -0.3 is 10.6 Å². The summed E-state index contributed by atoms with van der Waals surface area (Å²) in [5, 5.41) is 4.21. The summed E-state index contributed by atoms with van der Waals surface area (Å²) in [5.41, 5.74) is 5.75. The zero-order chi connectivity index (χ0) is 19.4. The van der Waals surface area contributed by atoms with Crippen LogP contribution in [0.25, 0.3) is 0 Å². The number of ketones is 2. The van der Waals surface area contributed by atoms with Crippen molar-refractivity contribution >= 4 is 17.3 Å². The van der Waals surface area contributed by atoms with Gasteiger partial charge in [-0.25, -0.2) is 4.39 Å². The van der Waals surface area contributed by atoms with Crippen LogP contribution >= 0.6 is 0 Å². The van der Waals surface area contributed by atoms with E-state index in [1.54, 1.807) is 0 Å². The van der Waals surface area contributed by atoms with Crippen molar-refractivity contribution in [3.8, 4) is 0 Å². The van der Waals surface area contributed by atoms with Crippen molar-refractivity contribution < 1.29 is 18.8 Å². The van der Waals surface area contributed by atoms with Crippen LogP contribution in [-0.4, -0.2) is 36.6 Å². The molecule has 2 N–H and O–H groups in total. The Morgan fingerprint density at radius 1 is 1.22 bits per heavy atom. The minimum atomic E-state index is -1.34. The van der Waals surface area contributed by atoms with Gasteiger partial charge in [-0.2, -0.15) is 0 Å². The lowest BCUT2D eigenvalue weighted by Crippen LogP contribution is -2.56. The molecule has 4 aliphatic rings. The fourth-order valence-corrected chi connectivity index (χ4v) is 6.87. The van der Waals surface area contributed by atoms with E-state index in [9.17, 15) is 14.0 Å². The number of nitrogens with two attached hydrogens (primary N) is 1. The number of hydrogen-bond donors (Lipinski definition) is 1. The summed E-state index contributed by atoms with van der Waals surface area (Å²) in [7, 11) is 0. The van der Waals surface area contributed by atoms with Crippen LogP contribution in [0, 0.1) is 34.5 Å². The van der Waals surface area contributed by atoms with Gasteiger partial charge in [-0.3, -0.25) is 9.59 Å². The van der Waals surface area contributed by atoms with E-state index in [1.165, 1.54) is 0 Å². The van der Waals surface area contributed by atoms with Crippen LogP contribution in [-0.2, 0) is 14.4 Å². The molecule has 0 heterocycles. The second kappa shape index (κ2) is 6.64. The van der Waals surface area contributed by atoms with Gasteiger partial charge >= 0.3 is 0 Å². The minimum absolute atomic E-state index is 0.0171. The maximum Gasteiger partial charge on any atom is 0.173 e. The van der Waals surface area contributed by atoms with E-state index in [0.29, 0.717) is 38.3 Å². The van der Waals surface area contributed by atoms with E-state index >= 15 is 0 Å². The summed E-state index contributed by atoms with van der Waals surface area (Å²) in [6.07, 6.45) is 3.54. The van der Waals surface area contributed by atoms with Crippen LogP contribution in [0.4, 0.5) is 4.39 Å². The molecule has 4 rings (SSSR count). The van der Waals surface area contributed by atoms with E-state index in [4.69, 9.17) is 10.6 Å². The molecular formula is C21H31FN2O3. The number of alkyl halides is 1. The number of carbonyl (C=O) groups is 2. The molecular weight excluding hydrogens is 347 g/mol. The van der Waals surface area contributed by atoms with Crippen molar-refractivity contribution in [1.82, 2.24) is 0 Å². The lowest BCUT2D eigenvalue weighted by molar-refractivity contribution is -0.152. The third kappa shape index (κ3) is 2.78. The Hall–Kier alpha value is -1.30. The van der Waals surface area contributed by atoms with Gasteiger partial charge in [-0.15, -0.1) is 0 Å². The summed E-state index contributed by atoms with van der Waals surface area (Å²) in [6, 6.07) is 0. The number of Topliss-reactive ketones (excluding diaryl/α,β-unsaturated/α-hetero) is 2. The molecule has 0 aliphatic heterocycles. The summed E-state index contributed by atoms with van der Waals surface area (Å²) in [5.74, 6) is 0.570. The van der Waals surface area contributed by atoms with Crippen LogP contribution in [0.15, 0.2) is 5.16 Å². The van der Waals surface area contributed by atoms with Crippen molar-refractivity contribution in [2.75, 3.05) is 13.2 Å². The molecule has 5 unspecified atom stereocenters. The second-order valence-corrected chi connectivity index (χ2v) is 9.61. The summed E-state index contributed by atoms with van der Waals surface area (Å²) in [6.45, 7) is 5.00. The molecule has 0 amide bonds. The van der Waals surface area contributed by atoms with E-state index < -0.39 is 11.6 Å². The van der Waals surface area contributed by atoms with Gasteiger partial charge in [0.05, 0.1) is 5.71 Å². The molecule has 0 bridgehead atoms. The highest BCUT2D eigenvalue weighted by Crippen LogP contribution is 2.64. The van der Waals surface area contributed by atoms with Crippen LogP contribution in [0.3, 0.4) is 0 Å². The smallest absolute Gasteiger partial charge is 0.173 e. The second-order valence-electron chi connectivity index (χ2n) is 9.61. The summed E-state index contributed by atoms with van der Waals surface area (Å²) in [4.78, 5) is 30.8. The Morgan fingerprint density at radius 3 is 2.74 bits per heavy atom. The fourth-order valence-electron chi connectivity index (χ4n) is 6.87. The quantitative estimate of drug-likeness (QED) is 0.604. The topological polar surface area (TPSA) is 81.8 Å². The Bertz CT molecular complexity index is 680. The molecule has 6 heteroatoms. The molecule has 4 aliphatic carbocycles. The fraction of sp³-hybridized carbons (Fsp3) is 0.857. The lowest BCUT2D eigenvalue weighted by atomic mass is 9.45. The maximum absolute atomic E-state index is 14.3. The van der Waals surface area contributed by atoms with Gasteiger partial charge in [0.15, 0.2) is 12.0 Å². The van der Waals surface area contributed by atoms with Gasteiger partial charge in [0.2, 0.25) is 0 Å². The Morgan fingerprint density at radius 2 is 2.00 bits per heavy atom. The molecule has 4 saturated carbocycles. The Balaban J connectivity index is 1.58. The standard InChI is InChI=1S/C21H31FN2O3/c1-20-5-3-12(24-27-8-7-23)9-16(20)18(25)10-13-14(20)4-6-21(2)15(13)11-17(22)19(21)26/h13-17H,3-11,23H2,1-2H3/t13?,14?,15?,16?,17?,20-,21+/m1/s1. The highest BCUT2D eigenvalue weighted by atomic mass is 19.1. The predicted molar refractivity (Wildman–Crippen MR) is 99.8 cm³/mol. The molecule has 0 aromatic heterocycles.